The van der Waals surface area contributed by atoms with Crippen LogP contribution >= 0.6 is 0 Å². The van der Waals surface area contributed by atoms with Crippen LogP contribution in [-0.2, 0) is 6.18 Å². The molecule has 0 bridgehead atoms. The maximum absolute atomic E-state index is 12.6. The van der Waals surface area contributed by atoms with E-state index in [2.05, 4.69) is 5.10 Å². The van der Waals surface area contributed by atoms with Crippen LogP contribution in [0.4, 0.5) is 13.2 Å². The van der Waals surface area contributed by atoms with E-state index in [0.29, 0.717) is 18.9 Å². The van der Waals surface area contributed by atoms with E-state index < -0.39 is 23.5 Å². The summed E-state index contributed by atoms with van der Waals surface area (Å²) in [6, 6.07) is 0.290. The minimum atomic E-state index is -4.63. The van der Waals surface area contributed by atoms with Gasteiger partial charge in [-0.25, -0.2) is 4.79 Å². The molecule has 7 heteroatoms. The van der Waals surface area contributed by atoms with E-state index in [-0.39, 0.29) is 6.04 Å². The largest absolute Gasteiger partial charge is 0.477 e. The Hall–Kier alpha value is -1.53. The predicted octanol–water partition coefficient (Wildman–Crippen LogP) is 3.74. The van der Waals surface area contributed by atoms with Crippen LogP contribution in [0.25, 0.3) is 0 Å². The van der Waals surface area contributed by atoms with Crippen molar-refractivity contribution in [3.63, 3.8) is 0 Å². The van der Waals surface area contributed by atoms with E-state index in [1.807, 2.05) is 13.8 Å². The second kappa shape index (κ2) is 6.08. The van der Waals surface area contributed by atoms with E-state index in [0.717, 1.165) is 17.5 Å². The minimum Gasteiger partial charge on any atom is -0.477 e. The first-order valence-electron chi connectivity index (χ1n) is 6.21. The lowest BCUT2D eigenvalue weighted by Gasteiger charge is -2.17. The standard InChI is InChI=1S/C12H17F3N2O2/c1-3-5-8(6-4-2)17-9(11(18)19)7-10(16-17)12(13,14)15/h7-8H,3-6H2,1-2H3,(H,18,19). The zero-order valence-corrected chi connectivity index (χ0v) is 10.9. The van der Waals surface area contributed by atoms with E-state index in [1.54, 1.807) is 0 Å². The van der Waals surface area contributed by atoms with Gasteiger partial charge in [0.1, 0.15) is 5.69 Å². The Labute approximate surface area is 109 Å². The van der Waals surface area contributed by atoms with Gasteiger partial charge in [-0.2, -0.15) is 18.3 Å². The van der Waals surface area contributed by atoms with Crippen LogP contribution in [-0.4, -0.2) is 20.9 Å². The molecule has 0 aliphatic carbocycles. The number of rotatable bonds is 6. The summed E-state index contributed by atoms with van der Waals surface area (Å²) in [4.78, 5) is 11.0. The molecule has 0 unspecified atom stereocenters. The van der Waals surface area contributed by atoms with Crippen molar-refractivity contribution in [3.8, 4) is 0 Å². The maximum Gasteiger partial charge on any atom is 0.435 e. The van der Waals surface area contributed by atoms with Crippen LogP contribution in [0.3, 0.4) is 0 Å². The van der Waals surface area contributed by atoms with Crippen LogP contribution < -0.4 is 0 Å². The van der Waals surface area contributed by atoms with Crippen molar-refractivity contribution in [1.29, 1.82) is 0 Å². The van der Waals surface area contributed by atoms with Crippen LogP contribution in [0.1, 0.15) is 61.8 Å². The summed E-state index contributed by atoms with van der Waals surface area (Å²) in [5.41, 5.74) is -1.55. The number of nitrogens with zero attached hydrogens (tertiary/aromatic N) is 2. The molecule has 1 aromatic heterocycles. The van der Waals surface area contributed by atoms with Gasteiger partial charge >= 0.3 is 12.1 Å². The van der Waals surface area contributed by atoms with Crippen LogP contribution in [0.15, 0.2) is 6.07 Å². The molecule has 0 amide bonds. The van der Waals surface area contributed by atoms with E-state index >= 15 is 0 Å². The molecule has 0 aliphatic heterocycles. The van der Waals surface area contributed by atoms with Gasteiger partial charge in [0.2, 0.25) is 0 Å². The quantitative estimate of drug-likeness (QED) is 0.862. The second-order valence-electron chi connectivity index (χ2n) is 4.39. The van der Waals surface area contributed by atoms with Crippen molar-refractivity contribution in [3.05, 3.63) is 17.5 Å². The van der Waals surface area contributed by atoms with Gasteiger partial charge in [0.25, 0.3) is 0 Å². The number of aromatic carboxylic acids is 1. The number of carboxylic acid groups (broad SMARTS) is 1. The highest BCUT2D eigenvalue weighted by Gasteiger charge is 2.36. The van der Waals surface area contributed by atoms with Gasteiger partial charge in [-0.15, -0.1) is 0 Å². The molecule has 1 N–H and O–H groups in total. The summed E-state index contributed by atoms with van der Waals surface area (Å²) in [5, 5.41) is 12.5. The highest BCUT2D eigenvalue weighted by molar-refractivity contribution is 5.85. The molecule has 0 aromatic carbocycles. The molecule has 0 fully saturated rings. The van der Waals surface area contributed by atoms with Gasteiger partial charge < -0.3 is 5.11 Å². The molecule has 1 heterocycles. The lowest BCUT2D eigenvalue weighted by molar-refractivity contribution is -0.141. The summed E-state index contributed by atoms with van der Waals surface area (Å²) in [7, 11) is 0. The van der Waals surface area contributed by atoms with Crippen molar-refractivity contribution < 1.29 is 23.1 Å². The Morgan fingerprint density at radius 1 is 1.37 bits per heavy atom. The van der Waals surface area contributed by atoms with Gasteiger partial charge in [-0.3, -0.25) is 4.68 Å². The van der Waals surface area contributed by atoms with Gasteiger partial charge in [-0.1, -0.05) is 26.7 Å². The molecule has 108 valence electrons. The van der Waals surface area contributed by atoms with Crippen molar-refractivity contribution in [1.82, 2.24) is 9.78 Å². The molecule has 0 spiro atoms. The number of halogens is 3. The zero-order valence-electron chi connectivity index (χ0n) is 10.9. The molecule has 0 aliphatic rings. The van der Waals surface area contributed by atoms with E-state index in [4.69, 9.17) is 5.11 Å². The Bertz CT molecular complexity index is 435. The lowest BCUT2D eigenvalue weighted by atomic mass is 10.1. The monoisotopic (exact) mass is 278 g/mol. The fourth-order valence-corrected chi connectivity index (χ4v) is 2.03. The molecule has 19 heavy (non-hydrogen) atoms. The van der Waals surface area contributed by atoms with Crippen molar-refractivity contribution in [2.24, 2.45) is 0 Å². The fraction of sp³-hybridized carbons (Fsp3) is 0.667. The summed E-state index contributed by atoms with van der Waals surface area (Å²) < 4.78 is 38.8. The summed E-state index contributed by atoms with van der Waals surface area (Å²) >= 11 is 0. The minimum absolute atomic E-state index is 0.308. The molecule has 0 saturated heterocycles. The third kappa shape index (κ3) is 3.71. The Balaban J connectivity index is 3.22. The molecule has 0 atom stereocenters. The molecule has 1 aromatic rings. The van der Waals surface area contributed by atoms with Crippen LogP contribution in [0.5, 0.6) is 0 Å². The number of carboxylic acids is 1. The van der Waals surface area contributed by atoms with Crippen molar-refractivity contribution >= 4 is 5.97 Å². The fourth-order valence-electron chi connectivity index (χ4n) is 2.03. The van der Waals surface area contributed by atoms with Gasteiger partial charge in [-0.05, 0) is 12.8 Å². The topological polar surface area (TPSA) is 55.1 Å². The third-order valence-electron chi connectivity index (χ3n) is 2.83. The Morgan fingerprint density at radius 2 is 1.89 bits per heavy atom. The van der Waals surface area contributed by atoms with E-state index in [9.17, 15) is 18.0 Å². The summed E-state index contributed by atoms with van der Waals surface area (Å²) in [5.74, 6) is -1.39. The second-order valence-corrected chi connectivity index (χ2v) is 4.39. The summed E-state index contributed by atoms with van der Waals surface area (Å²) in [6.07, 6.45) is -1.91. The van der Waals surface area contributed by atoms with Crippen molar-refractivity contribution in [2.75, 3.05) is 0 Å². The number of aromatic nitrogens is 2. The molecule has 4 nitrogen and oxygen atoms in total. The smallest absolute Gasteiger partial charge is 0.435 e. The highest BCUT2D eigenvalue weighted by Crippen LogP contribution is 2.31. The molecule has 0 saturated carbocycles. The zero-order chi connectivity index (χ0) is 14.6. The number of hydrogen-bond acceptors (Lipinski definition) is 2. The van der Waals surface area contributed by atoms with Gasteiger partial charge in [0, 0.05) is 6.07 Å². The normalized spacial score (nSPS) is 12.1. The number of alkyl halides is 3. The SMILES string of the molecule is CCCC(CCC)n1nc(C(F)(F)F)cc1C(=O)O. The first-order valence-corrected chi connectivity index (χ1v) is 6.21. The predicted molar refractivity (Wildman–Crippen MR) is 63.0 cm³/mol. The first-order chi connectivity index (χ1) is 8.81. The molecular formula is C12H17F3N2O2. The maximum atomic E-state index is 12.6. The van der Waals surface area contributed by atoms with Crippen LogP contribution in [0.2, 0.25) is 0 Å². The average Bonchev–Trinajstić information content (AvgIpc) is 2.73. The van der Waals surface area contributed by atoms with E-state index in [1.165, 1.54) is 0 Å². The number of carbonyl (C=O) groups is 1. The first kappa shape index (κ1) is 15.5. The highest BCUT2D eigenvalue weighted by atomic mass is 19.4. The van der Waals surface area contributed by atoms with Gasteiger partial charge in [0.05, 0.1) is 6.04 Å². The summed E-state index contributed by atoms with van der Waals surface area (Å²) in [6.45, 7) is 3.80. The molecule has 0 radical (unpaired) electrons. The molecule has 1 rings (SSSR count). The van der Waals surface area contributed by atoms with Gasteiger partial charge in [0.15, 0.2) is 5.69 Å². The Morgan fingerprint density at radius 3 is 2.26 bits per heavy atom. The lowest BCUT2D eigenvalue weighted by Crippen LogP contribution is -2.17. The van der Waals surface area contributed by atoms with Crippen LogP contribution in [0, 0.1) is 0 Å². The average molecular weight is 278 g/mol. The third-order valence-corrected chi connectivity index (χ3v) is 2.83. The number of hydrogen-bond donors (Lipinski definition) is 1. The van der Waals surface area contributed by atoms with Crippen molar-refractivity contribution in [2.45, 2.75) is 51.7 Å². The molecular weight excluding hydrogens is 261 g/mol. The Kier molecular flexibility index (Phi) is 4.97.